The molecule has 0 rings (SSSR count). The van der Waals surface area contributed by atoms with Crippen LogP contribution in [0, 0.1) is 0 Å². The number of ether oxygens (including phenoxy) is 1. The molecule has 1 unspecified atom stereocenters. The zero-order valence-electron chi connectivity index (χ0n) is 10.1. The maximum absolute atomic E-state index is 11.6. The van der Waals surface area contributed by atoms with Crippen LogP contribution in [-0.2, 0) is 14.3 Å². The predicted octanol–water partition coefficient (Wildman–Crippen LogP) is -0.327. The standard InChI is InChI=1S/C10H20N2O4S/c1-16-5-3-8(10(14)15)12-9(13)7(11)4-6-17-2/h7-8H,3-6,11H2,1-2H3,(H,12,13)(H,14,15)/t7-,8?/m0/s1. The highest BCUT2D eigenvalue weighted by Crippen LogP contribution is 2.00. The maximum atomic E-state index is 11.6. The number of hydrogen-bond donors (Lipinski definition) is 3. The first-order valence-corrected chi connectivity index (χ1v) is 6.69. The highest BCUT2D eigenvalue weighted by Gasteiger charge is 2.22. The van der Waals surface area contributed by atoms with Gasteiger partial charge in [0.2, 0.25) is 5.91 Å². The van der Waals surface area contributed by atoms with Crippen LogP contribution in [0.15, 0.2) is 0 Å². The Bertz CT molecular complexity index is 250. The summed E-state index contributed by atoms with van der Waals surface area (Å²) >= 11 is 1.59. The molecule has 100 valence electrons. The molecule has 17 heavy (non-hydrogen) atoms. The van der Waals surface area contributed by atoms with Crippen LogP contribution in [0.2, 0.25) is 0 Å². The number of methoxy groups -OCH3 is 1. The molecule has 0 aliphatic carbocycles. The summed E-state index contributed by atoms with van der Waals surface area (Å²) < 4.78 is 4.78. The second kappa shape index (κ2) is 9.26. The van der Waals surface area contributed by atoms with Gasteiger partial charge in [-0.05, 0) is 18.4 Å². The highest BCUT2D eigenvalue weighted by atomic mass is 32.2. The third kappa shape index (κ3) is 7.19. The summed E-state index contributed by atoms with van der Waals surface area (Å²) in [6, 6.07) is -1.60. The van der Waals surface area contributed by atoms with Crippen LogP contribution >= 0.6 is 11.8 Å². The summed E-state index contributed by atoms with van der Waals surface area (Å²) in [6.07, 6.45) is 2.68. The van der Waals surface area contributed by atoms with Gasteiger partial charge >= 0.3 is 5.97 Å². The number of nitrogens with two attached hydrogens (primary N) is 1. The molecule has 0 aliphatic rings. The van der Waals surface area contributed by atoms with Gasteiger partial charge in [-0.25, -0.2) is 4.79 Å². The van der Waals surface area contributed by atoms with Crippen molar-refractivity contribution < 1.29 is 19.4 Å². The summed E-state index contributed by atoms with van der Waals surface area (Å²) in [6.45, 7) is 0.275. The van der Waals surface area contributed by atoms with Crippen LogP contribution in [0.5, 0.6) is 0 Å². The number of rotatable bonds is 9. The number of nitrogens with one attached hydrogen (secondary N) is 1. The first kappa shape index (κ1) is 16.2. The van der Waals surface area contributed by atoms with E-state index in [2.05, 4.69) is 5.32 Å². The molecule has 0 heterocycles. The Morgan fingerprint density at radius 2 is 2.12 bits per heavy atom. The molecule has 0 bridgehead atoms. The summed E-state index contributed by atoms with van der Waals surface area (Å²) in [7, 11) is 1.48. The Kier molecular flexibility index (Phi) is 8.83. The molecule has 0 fully saturated rings. The number of carbonyl (C=O) groups is 2. The van der Waals surface area contributed by atoms with E-state index in [1.165, 1.54) is 7.11 Å². The van der Waals surface area contributed by atoms with Crippen molar-refractivity contribution >= 4 is 23.6 Å². The van der Waals surface area contributed by atoms with Crippen LogP contribution in [0.1, 0.15) is 12.8 Å². The fourth-order valence-electron chi connectivity index (χ4n) is 1.15. The van der Waals surface area contributed by atoms with Gasteiger partial charge in [-0.3, -0.25) is 4.79 Å². The smallest absolute Gasteiger partial charge is 0.326 e. The normalized spacial score (nSPS) is 14.1. The molecule has 0 saturated carbocycles. The van der Waals surface area contributed by atoms with E-state index in [0.29, 0.717) is 6.42 Å². The quantitative estimate of drug-likeness (QED) is 0.527. The van der Waals surface area contributed by atoms with Crippen LogP contribution in [0.25, 0.3) is 0 Å². The Hall–Kier alpha value is -0.790. The third-order valence-electron chi connectivity index (χ3n) is 2.19. The number of thioether (sulfide) groups is 1. The molecular formula is C10H20N2O4S. The van der Waals surface area contributed by atoms with E-state index in [1.54, 1.807) is 11.8 Å². The molecule has 0 saturated heterocycles. The molecule has 0 aromatic rings. The lowest BCUT2D eigenvalue weighted by molar-refractivity contribution is -0.142. The molecule has 0 radical (unpaired) electrons. The van der Waals surface area contributed by atoms with Crippen molar-refractivity contribution in [3.05, 3.63) is 0 Å². The van der Waals surface area contributed by atoms with Crippen molar-refractivity contribution in [3.63, 3.8) is 0 Å². The fraction of sp³-hybridized carbons (Fsp3) is 0.800. The molecule has 2 atom stereocenters. The van der Waals surface area contributed by atoms with Crippen LogP contribution in [-0.4, -0.2) is 54.8 Å². The average Bonchev–Trinajstić information content (AvgIpc) is 2.30. The van der Waals surface area contributed by atoms with Gasteiger partial charge in [-0.15, -0.1) is 0 Å². The van der Waals surface area contributed by atoms with Gasteiger partial charge in [0.25, 0.3) is 0 Å². The van der Waals surface area contributed by atoms with Crippen LogP contribution in [0.3, 0.4) is 0 Å². The topological polar surface area (TPSA) is 102 Å². The Labute approximate surface area is 105 Å². The molecule has 0 aromatic carbocycles. The average molecular weight is 264 g/mol. The van der Waals surface area contributed by atoms with Crippen molar-refractivity contribution in [3.8, 4) is 0 Å². The van der Waals surface area contributed by atoms with E-state index in [4.69, 9.17) is 15.6 Å². The highest BCUT2D eigenvalue weighted by molar-refractivity contribution is 7.98. The molecule has 6 nitrogen and oxygen atoms in total. The summed E-state index contributed by atoms with van der Waals surface area (Å²) in [4.78, 5) is 22.4. The van der Waals surface area contributed by atoms with E-state index in [-0.39, 0.29) is 13.0 Å². The molecule has 0 spiro atoms. The number of carbonyl (C=O) groups excluding carboxylic acids is 1. The summed E-state index contributed by atoms with van der Waals surface area (Å²) in [5, 5.41) is 11.3. The lowest BCUT2D eigenvalue weighted by Gasteiger charge is -2.17. The van der Waals surface area contributed by atoms with Crippen molar-refractivity contribution in [1.29, 1.82) is 0 Å². The molecule has 0 aromatic heterocycles. The van der Waals surface area contributed by atoms with Gasteiger partial charge in [0.1, 0.15) is 6.04 Å². The lowest BCUT2D eigenvalue weighted by atomic mass is 10.1. The summed E-state index contributed by atoms with van der Waals surface area (Å²) in [5.41, 5.74) is 5.63. The molecule has 1 amide bonds. The van der Waals surface area contributed by atoms with Gasteiger partial charge in [-0.2, -0.15) is 11.8 Å². The van der Waals surface area contributed by atoms with E-state index in [1.807, 2.05) is 6.26 Å². The van der Waals surface area contributed by atoms with Crippen LogP contribution < -0.4 is 11.1 Å². The minimum atomic E-state index is -1.08. The molecular weight excluding hydrogens is 244 g/mol. The minimum Gasteiger partial charge on any atom is -0.480 e. The Balaban J connectivity index is 4.15. The monoisotopic (exact) mass is 264 g/mol. The first-order valence-electron chi connectivity index (χ1n) is 5.29. The second-order valence-corrected chi connectivity index (χ2v) is 4.55. The SMILES string of the molecule is COCCC(NC(=O)[C@@H](N)CCSC)C(=O)O. The number of carboxylic acid groups (broad SMARTS) is 1. The van der Waals surface area contributed by atoms with Gasteiger partial charge < -0.3 is 20.9 Å². The van der Waals surface area contributed by atoms with Crippen molar-refractivity contribution in [1.82, 2.24) is 5.32 Å². The van der Waals surface area contributed by atoms with Gasteiger partial charge in [0.15, 0.2) is 0 Å². The van der Waals surface area contributed by atoms with E-state index < -0.39 is 24.0 Å². The number of amides is 1. The fourth-order valence-corrected chi connectivity index (χ4v) is 1.64. The van der Waals surface area contributed by atoms with Crippen molar-refractivity contribution in [2.45, 2.75) is 24.9 Å². The van der Waals surface area contributed by atoms with Gasteiger partial charge in [0, 0.05) is 20.1 Å². The second-order valence-electron chi connectivity index (χ2n) is 3.57. The van der Waals surface area contributed by atoms with E-state index in [9.17, 15) is 9.59 Å². The van der Waals surface area contributed by atoms with Gasteiger partial charge in [0.05, 0.1) is 6.04 Å². The zero-order valence-corrected chi connectivity index (χ0v) is 11.0. The molecule has 7 heteroatoms. The van der Waals surface area contributed by atoms with E-state index >= 15 is 0 Å². The molecule has 4 N–H and O–H groups in total. The number of carboxylic acids is 1. The lowest BCUT2D eigenvalue weighted by Crippen LogP contribution is -2.49. The summed E-state index contributed by atoms with van der Waals surface area (Å²) in [5.74, 6) is -0.736. The minimum absolute atomic E-state index is 0.229. The van der Waals surface area contributed by atoms with Crippen LogP contribution in [0.4, 0.5) is 0 Å². The first-order chi connectivity index (χ1) is 8.02. The maximum Gasteiger partial charge on any atom is 0.326 e. The van der Waals surface area contributed by atoms with Crippen molar-refractivity contribution in [2.24, 2.45) is 5.73 Å². The molecule has 0 aliphatic heterocycles. The van der Waals surface area contributed by atoms with Crippen molar-refractivity contribution in [2.75, 3.05) is 25.7 Å². The number of aliphatic carboxylic acids is 1. The predicted molar refractivity (Wildman–Crippen MR) is 67.0 cm³/mol. The number of hydrogen-bond acceptors (Lipinski definition) is 5. The van der Waals surface area contributed by atoms with E-state index in [0.717, 1.165) is 5.75 Å². The largest absolute Gasteiger partial charge is 0.480 e. The zero-order chi connectivity index (χ0) is 13.3. The Morgan fingerprint density at radius 1 is 1.47 bits per heavy atom. The van der Waals surface area contributed by atoms with Gasteiger partial charge in [-0.1, -0.05) is 0 Å². The third-order valence-corrected chi connectivity index (χ3v) is 2.84. The Morgan fingerprint density at radius 3 is 2.59 bits per heavy atom.